The van der Waals surface area contributed by atoms with Crippen molar-refractivity contribution in [2.24, 2.45) is 0 Å². The van der Waals surface area contributed by atoms with E-state index in [4.69, 9.17) is 4.42 Å². The number of hydrogen-bond donors (Lipinski definition) is 1. The lowest BCUT2D eigenvalue weighted by molar-refractivity contribution is -0.137. The van der Waals surface area contributed by atoms with Gasteiger partial charge in [-0.3, -0.25) is 19.3 Å². The minimum Gasteiger partial charge on any atom is -0.459 e. The minimum absolute atomic E-state index is 0.115. The zero-order chi connectivity index (χ0) is 20.1. The molecule has 2 unspecified atom stereocenters. The minimum atomic E-state index is -0.625. The smallest absolute Gasteiger partial charge is 0.287 e. The van der Waals surface area contributed by atoms with Crippen molar-refractivity contribution in [3.63, 3.8) is 0 Å². The van der Waals surface area contributed by atoms with E-state index in [0.717, 1.165) is 19.4 Å². The van der Waals surface area contributed by atoms with Gasteiger partial charge in [-0.2, -0.15) is 0 Å². The van der Waals surface area contributed by atoms with Gasteiger partial charge >= 0.3 is 0 Å². The summed E-state index contributed by atoms with van der Waals surface area (Å²) in [5.74, 6) is -0.137. The maximum absolute atomic E-state index is 12.6. The molecule has 1 aromatic rings. The molecular formula is C20H30N4O4. The molecule has 0 bridgehead atoms. The number of amides is 3. The van der Waals surface area contributed by atoms with Crippen LogP contribution in [0.15, 0.2) is 22.8 Å². The van der Waals surface area contributed by atoms with E-state index >= 15 is 0 Å². The van der Waals surface area contributed by atoms with Crippen molar-refractivity contribution in [2.45, 2.75) is 45.2 Å². The molecule has 28 heavy (non-hydrogen) atoms. The first-order chi connectivity index (χ1) is 13.5. The van der Waals surface area contributed by atoms with Gasteiger partial charge in [0.05, 0.1) is 12.8 Å². The molecule has 3 rings (SSSR count). The van der Waals surface area contributed by atoms with Gasteiger partial charge in [-0.05, 0) is 45.2 Å². The van der Waals surface area contributed by atoms with Crippen LogP contribution < -0.4 is 5.32 Å². The van der Waals surface area contributed by atoms with E-state index in [1.165, 1.54) is 12.7 Å². The van der Waals surface area contributed by atoms with E-state index in [9.17, 15) is 14.4 Å². The maximum atomic E-state index is 12.6. The summed E-state index contributed by atoms with van der Waals surface area (Å²) in [6, 6.07) is 2.89. The van der Waals surface area contributed by atoms with Crippen LogP contribution in [0.25, 0.3) is 0 Å². The molecule has 8 nitrogen and oxygen atoms in total. The molecule has 1 N–H and O–H groups in total. The third-order valence-electron chi connectivity index (χ3n) is 5.63. The van der Waals surface area contributed by atoms with Crippen molar-refractivity contribution in [1.82, 2.24) is 20.0 Å². The fourth-order valence-corrected chi connectivity index (χ4v) is 3.89. The normalized spacial score (nSPS) is 22.0. The molecule has 3 amide bonds. The zero-order valence-corrected chi connectivity index (χ0v) is 16.7. The Morgan fingerprint density at radius 3 is 2.57 bits per heavy atom. The number of furan rings is 1. The molecule has 0 spiro atoms. The van der Waals surface area contributed by atoms with Crippen LogP contribution in [0, 0.1) is 0 Å². The van der Waals surface area contributed by atoms with Crippen molar-refractivity contribution in [3.05, 3.63) is 24.2 Å². The second kappa shape index (κ2) is 9.23. The monoisotopic (exact) mass is 390 g/mol. The summed E-state index contributed by atoms with van der Waals surface area (Å²) in [5, 5.41) is 2.67. The van der Waals surface area contributed by atoms with E-state index in [1.807, 2.05) is 4.90 Å². The Kier molecular flexibility index (Phi) is 6.72. The van der Waals surface area contributed by atoms with Gasteiger partial charge in [-0.25, -0.2) is 0 Å². The summed E-state index contributed by atoms with van der Waals surface area (Å²) < 4.78 is 5.05. The van der Waals surface area contributed by atoms with Gasteiger partial charge in [-0.1, -0.05) is 0 Å². The van der Waals surface area contributed by atoms with Crippen molar-refractivity contribution in [1.29, 1.82) is 0 Å². The molecule has 1 aromatic heterocycles. The van der Waals surface area contributed by atoms with Crippen LogP contribution in [0.5, 0.6) is 0 Å². The SMILES string of the molecule is CC(NC(=O)c1ccco1)C(=O)N1CCN(CC(=O)N2CCCCC2C)CC1. The quantitative estimate of drug-likeness (QED) is 0.809. The lowest BCUT2D eigenvalue weighted by Crippen LogP contribution is -2.56. The Morgan fingerprint density at radius 1 is 1.18 bits per heavy atom. The predicted octanol–water partition coefficient (Wildman–Crippen LogP) is 0.943. The Morgan fingerprint density at radius 2 is 1.93 bits per heavy atom. The summed E-state index contributed by atoms with van der Waals surface area (Å²) in [6.07, 6.45) is 4.78. The fraction of sp³-hybridized carbons (Fsp3) is 0.650. The number of carbonyl (C=O) groups is 3. The van der Waals surface area contributed by atoms with Crippen molar-refractivity contribution in [2.75, 3.05) is 39.3 Å². The van der Waals surface area contributed by atoms with Crippen LogP contribution in [0.3, 0.4) is 0 Å². The summed E-state index contributed by atoms with van der Waals surface area (Å²) in [5.41, 5.74) is 0. The zero-order valence-electron chi connectivity index (χ0n) is 16.7. The largest absolute Gasteiger partial charge is 0.459 e. The highest BCUT2D eigenvalue weighted by Crippen LogP contribution is 2.17. The first-order valence-electron chi connectivity index (χ1n) is 10.1. The average molecular weight is 390 g/mol. The third kappa shape index (κ3) is 4.92. The van der Waals surface area contributed by atoms with Gasteiger partial charge < -0.3 is 19.5 Å². The van der Waals surface area contributed by atoms with Gasteiger partial charge in [0.2, 0.25) is 11.8 Å². The second-order valence-corrected chi connectivity index (χ2v) is 7.71. The molecular weight excluding hydrogens is 360 g/mol. The molecule has 0 aromatic carbocycles. The van der Waals surface area contributed by atoms with Crippen LogP contribution in [0.4, 0.5) is 0 Å². The van der Waals surface area contributed by atoms with E-state index in [-0.39, 0.29) is 17.6 Å². The van der Waals surface area contributed by atoms with Crippen LogP contribution in [0.1, 0.15) is 43.7 Å². The number of piperidine rings is 1. The third-order valence-corrected chi connectivity index (χ3v) is 5.63. The van der Waals surface area contributed by atoms with Gasteiger partial charge in [0, 0.05) is 38.8 Å². The molecule has 2 saturated heterocycles. The van der Waals surface area contributed by atoms with Gasteiger partial charge in [0.15, 0.2) is 5.76 Å². The first kappa shape index (κ1) is 20.4. The number of rotatable bonds is 5. The Bertz CT molecular complexity index is 682. The highest BCUT2D eigenvalue weighted by Gasteiger charge is 2.29. The maximum Gasteiger partial charge on any atom is 0.287 e. The highest BCUT2D eigenvalue weighted by molar-refractivity contribution is 5.95. The van der Waals surface area contributed by atoms with Gasteiger partial charge in [-0.15, -0.1) is 0 Å². The van der Waals surface area contributed by atoms with Crippen LogP contribution in [0.2, 0.25) is 0 Å². The van der Waals surface area contributed by atoms with E-state index in [1.54, 1.807) is 24.0 Å². The summed E-state index contributed by atoms with van der Waals surface area (Å²) in [4.78, 5) is 43.1. The standard InChI is InChI=1S/C20H30N4O4/c1-15-6-3-4-8-24(15)18(25)14-22-9-11-23(12-10-22)20(27)16(2)21-19(26)17-7-5-13-28-17/h5,7,13,15-16H,3-4,6,8-12,14H2,1-2H3,(H,21,26). The van der Waals surface area contributed by atoms with Crippen LogP contribution >= 0.6 is 0 Å². The lowest BCUT2D eigenvalue weighted by Gasteiger charge is -2.38. The summed E-state index contributed by atoms with van der Waals surface area (Å²) in [6.45, 7) is 7.51. The molecule has 3 heterocycles. The highest BCUT2D eigenvalue weighted by atomic mass is 16.3. The summed E-state index contributed by atoms with van der Waals surface area (Å²) in [7, 11) is 0. The van der Waals surface area contributed by atoms with Gasteiger partial charge in [0.25, 0.3) is 5.91 Å². The number of likely N-dealkylation sites (tertiary alicyclic amines) is 1. The van der Waals surface area contributed by atoms with E-state index < -0.39 is 11.9 Å². The van der Waals surface area contributed by atoms with E-state index in [0.29, 0.717) is 38.8 Å². The Hall–Kier alpha value is -2.35. The number of hydrogen-bond acceptors (Lipinski definition) is 5. The molecule has 154 valence electrons. The molecule has 0 aliphatic carbocycles. The number of piperazine rings is 1. The molecule has 2 atom stereocenters. The van der Waals surface area contributed by atoms with Crippen LogP contribution in [-0.4, -0.2) is 83.8 Å². The van der Waals surface area contributed by atoms with Crippen LogP contribution in [-0.2, 0) is 9.59 Å². The second-order valence-electron chi connectivity index (χ2n) is 7.71. The van der Waals surface area contributed by atoms with E-state index in [2.05, 4.69) is 17.1 Å². The number of nitrogens with zero attached hydrogens (tertiary/aromatic N) is 3. The molecule has 0 radical (unpaired) electrons. The molecule has 8 heteroatoms. The molecule has 2 aliphatic rings. The van der Waals surface area contributed by atoms with Gasteiger partial charge in [0.1, 0.15) is 6.04 Å². The number of nitrogens with one attached hydrogen (secondary N) is 1. The predicted molar refractivity (Wildman–Crippen MR) is 104 cm³/mol. The Labute approximate surface area is 165 Å². The molecule has 0 saturated carbocycles. The molecule has 2 fully saturated rings. The average Bonchev–Trinajstić information content (AvgIpc) is 3.23. The van der Waals surface area contributed by atoms with Crippen molar-refractivity contribution >= 4 is 17.7 Å². The fourth-order valence-electron chi connectivity index (χ4n) is 3.89. The number of carbonyl (C=O) groups excluding carboxylic acids is 3. The lowest BCUT2D eigenvalue weighted by atomic mass is 10.0. The van der Waals surface area contributed by atoms with Crippen molar-refractivity contribution in [3.8, 4) is 0 Å². The molecule has 2 aliphatic heterocycles. The topological polar surface area (TPSA) is 86.1 Å². The van der Waals surface area contributed by atoms with Crippen molar-refractivity contribution < 1.29 is 18.8 Å². The Balaban J connectivity index is 1.43. The summed E-state index contributed by atoms with van der Waals surface area (Å²) >= 11 is 0. The first-order valence-corrected chi connectivity index (χ1v) is 10.1.